The lowest BCUT2D eigenvalue weighted by molar-refractivity contribution is -0.119. The van der Waals surface area contributed by atoms with Gasteiger partial charge in [-0.2, -0.15) is 0 Å². The van der Waals surface area contributed by atoms with E-state index in [1.165, 1.54) is 0 Å². The highest BCUT2D eigenvalue weighted by Crippen LogP contribution is 2.16. The Morgan fingerprint density at radius 2 is 2.12 bits per heavy atom. The highest BCUT2D eigenvalue weighted by atomic mass is 16.1. The number of aryl methyl sites for hydroxylation is 1. The van der Waals surface area contributed by atoms with Gasteiger partial charge in [-0.25, -0.2) is 0 Å². The Morgan fingerprint density at radius 1 is 1.44 bits per heavy atom. The van der Waals surface area contributed by atoms with E-state index in [2.05, 4.69) is 10.6 Å². The van der Waals surface area contributed by atoms with Crippen LogP contribution in [0.4, 0.5) is 11.4 Å². The van der Waals surface area contributed by atoms with Crippen molar-refractivity contribution in [3.8, 4) is 0 Å². The Hall–Kier alpha value is -1.71. The molecular formula is C12H19N3O. The number of benzene rings is 1. The lowest BCUT2D eigenvalue weighted by Gasteiger charge is -2.11. The zero-order valence-electron chi connectivity index (χ0n) is 10.0. The highest BCUT2D eigenvalue weighted by Gasteiger charge is 2.03. The lowest BCUT2D eigenvalue weighted by atomic mass is 10.2. The Kier molecular flexibility index (Phi) is 4.17. The molecule has 88 valence electrons. The van der Waals surface area contributed by atoms with Crippen LogP contribution in [0.1, 0.15) is 19.4 Å². The maximum Gasteiger partial charge on any atom is 0.239 e. The van der Waals surface area contributed by atoms with Gasteiger partial charge in [0, 0.05) is 17.4 Å². The van der Waals surface area contributed by atoms with Gasteiger partial charge in [-0.05, 0) is 38.5 Å². The zero-order valence-corrected chi connectivity index (χ0v) is 10.0. The summed E-state index contributed by atoms with van der Waals surface area (Å²) in [6, 6.07) is 5.84. The van der Waals surface area contributed by atoms with Crippen molar-refractivity contribution in [3.63, 3.8) is 0 Å². The number of rotatable bonds is 4. The second kappa shape index (κ2) is 5.39. The normalized spacial score (nSPS) is 10.2. The van der Waals surface area contributed by atoms with Crippen LogP contribution in [0.25, 0.3) is 0 Å². The average molecular weight is 221 g/mol. The molecule has 1 aromatic rings. The second-order valence-electron chi connectivity index (χ2n) is 4.15. The van der Waals surface area contributed by atoms with Gasteiger partial charge in [0.25, 0.3) is 0 Å². The molecular weight excluding hydrogens is 202 g/mol. The summed E-state index contributed by atoms with van der Waals surface area (Å²) in [7, 11) is 0. The molecule has 0 spiro atoms. The smallest absolute Gasteiger partial charge is 0.239 e. The molecule has 4 heteroatoms. The van der Waals surface area contributed by atoms with Gasteiger partial charge >= 0.3 is 0 Å². The van der Waals surface area contributed by atoms with Crippen molar-refractivity contribution in [2.75, 3.05) is 17.6 Å². The molecule has 0 aliphatic heterocycles. The van der Waals surface area contributed by atoms with Crippen LogP contribution in [-0.4, -0.2) is 18.5 Å². The SMILES string of the molecule is Cc1ccc(NCC(=O)NC(C)C)cc1N. The number of nitrogens with two attached hydrogens (primary N) is 1. The summed E-state index contributed by atoms with van der Waals surface area (Å²) < 4.78 is 0. The number of hydrogen-bond acceptors (Lipinski definition) is 3. The van der Waals surface area contributed by atoms with Crippen LogP contribution in [-0.2, 0) is 4.79 Å². The molecule has 1 aromatic carbocycles. The van der Waals surface area contributed by atoms with Gasteiger partial charge < -0.3 is 16.4 Å². The molecule has 0 aliphatic carbocycles. The molecule has 4 nitrogen and oxygen atoms in total. The van der Waals surface area contributed by atoms with Crippen LogP contribution in [0.5, 0.6) is 0 Å². The third kappa shape index (κ3) is 3.81. The van der Waals surface area contributed by atoms with Crippen molar-refractivity contribution in [2.45, 2.75) is 26.8 Å². The number of carbonyl (C=O) groups excluding carboxylic acids is 1. The lowest BCUT2D eigenvalue weighted by Crippen LogP contribution is -2.34. The van der Waals surface area contributed by atoms with E-state index in [0.717, 1.165) is 16.9 Å². The van der Waals surface area contributed by atoms with Gasteiger partial charge in [-0.3, -0.25) is 4.79 Å². The molecule has 0 fully saturated rings. The molecule has 1 rings (SSSR count). The van der Waals surface area contributed by atoms with Gasteiger partial charge in [0.05, 0.1) is 6.54 Å². The Balaban J connectivity index is 2.48. The second-order valence-corrected chi connectivity index (χ2v) is 4.15. The molecule has 0 saturated heterocycles. The molecule has 0 unspecified atom stereocenters. The first-order chi connectivity index (χ1) is 7.49. The standard InChI is InChI=1S/C12H19N3O/c1-8(2)15-12(16)7-14-10-5-4-9(3)11(13)6-10/h4-6,8,14H,7,13H2,1-3H3,(H,15,16). The van der Waals surface area contributed by atoms with Crippen LogP contribution in [0.3, 0.4) is 0 Å². The van der Waals surface area contributed by atoms with Crippen LogP contribution in [0.2, 0.25) is 0 Å². The summed E-state index contributed by atoms with van der Waals surface area (Å²) in [5.41, 5.74) is 8.40. The third-order valence-electron chi connectivity index (χ3n) is 2.18. The summed E-state index contributed by atoms with van der Waals surface area (Å²) in [6.45, 7) is 6.08. The maximum absolute atomic E-state index is 11.4. The Labute approximate surface area is 96.2 Å². The van der Waals surface area contributed by atoms with E-state index < -0.39 is 0 Å². The van der Waals surface area contributed by atoms with Crippen molar-refractivity contribution in [2.24, 2.45) is 0 Å². The van der Waals surface area contributed by atoms with Gasteiger partial charge in [-0.15, -0.1) is 0 Å². The van der Waals surface area contributed by atoms with Gasteiger partial charge in [0.2, 0.25) is 5.91 Å². The van der Waals surface area contributed by atoms with Crippen LogP contribution < -0.4 is 16.4 Å². The number of anilines is 2. The Morgan fingerprint density at radius 3 is 2.69 bits per heavy atom. The van der Waals surface area contributed by atoms with Gasteiger partial charge in [0.1, 0.15) is 0 Å². The minimum Gasteiger partial charge on any atom is -0.398 e. The number of nitrogens with one attached hydrogen (secondary N) is 2. The van der Waals surface area contributed by atoms with E-state index >= 15 is 0 Å². The van der Waals surface area contributed by atoms with E-state index in [0.29, 0.717) is 0 Å². The molecule has 0 aliphatic rings. The summed E-state index contributed by atoms with van der Waals surface area (Å²) in [5, 5.41) is 5.83. The number of nitrogen functional groups attached to an aromatic ring is 1. The predicted octanol–water partition coefficient (Wildman–Crippen LogP) is 1.51. The molecule has 1 amide bonds. The molecule has 16 heavy (non-hydrogen) atoms. The first-order valence-corrected chi connectivity index (χ1v) is 5.38. The minimum absolute atomic E-state index is 0.0193. The van der Waals surface area contributed by atoms with Crippen molar-refractivity contribution in [1.82, 2.24) is 5.32 Å². The molecule has 0 heterocycles. The van der Waals surface area contributed by atoms with Gasteiger partial charge in [0.15, 0.2) is 0 Å². The first kappa shape index (κ1) is 12.4. The molecule has 0 aromatic heterocycles. The van der Waals surface area contributed by atoms with Crippen molar-refractivity contribution < 1.29 is 4.79 Å². The fraction of sp³-hybridized carbons (Fsp3) is 0.417. The summed E-state index contributed by atoms with van der Waals surface area (Å²) in [4.78, 5) is 11.4. The molecule has 4 N–H and O–H groups in total. The van der Waals surface area contributed by atoms with Crippen molar-refractivity contribution in [1.29, 1.82) is 0 Å². The highest BCUT2D eigenvalue weighted by molar-refractivity contribution is 5.81. The van der Waals surface area contributed by atoms with E-state index in [9.17, 15) is 4.79 Å². The summed E-state index contributed by atoms with van der Waals surface area (Å²) in [6.07, 6.45) is 0. The third-order valence-corrected chi connectivity index (χ3v) is 2.18. The Bertz CT molecular complexity index is 375. The van der Waals surface area contributed by atoms with Crippen LogP contribution >= 0.6 is 0 Å². The van der Waals surface area contributed by atoms with E-state index in [1.807, 2.05) is 39.0 Å². The number of hydrogen-bond donors (Lipinski definition) is 3. The fourth-order valence-electron chi connectivity index (χ4n) is 1.31. The number of carbonyl (C=O) groups is 1. The quantitative estimate of drug-likeness (QED) is 0.675. The van der Waals surface area contributed by atoms with Crippen LogP contribution in [0, 0.1) is 6.92 Å². The first-order valence-electron chi connectivity index (χ1n) is 5.38. The van der Waals surface area contributed by atoms with E-state index in [-0.39, 0.29) is 18.5 Å². The monoisotopic (exact) mass is 221 g/mol. The predicted molar refractivity (Wildman–Crippen MR) is 67.4 cm³/mol. The minimum atomic E-state index is -0.0193. The zero-order chi connectivity index (χ0) is 12.1. The van der Waals surface area contributed by atoms with Crippen molar-refractivity contribution in [3.05, 3.63) is 23.8 Å². The summed E-state index contributed by atoms with van der Waals surface area (Å²) in [5.74, 6) is -0.0193. The average Bonchev–Trinajstić information content (AvgIpc) is 2.19. The molecule has 0 bridgehead atoms. The molecule has 0 radical (unpaired) electrons. The van der Waals surface area contributed by atoms with E-state index in [1.54, 1.807) is 0 Å². The summed E-state index contributed by atoms with van der Waals surface area (Å²) >= 11 is 0. The van der Waals surface area contributed by atoms with Crippen molar-refractivity contribution >= 4 is 17.3 Å². The molecule has 0 saturated carbocycles. The van der Waals surface area contributed by atoms with Gasteiger partial charge in [-0.1, -0.05) is 6.07 Å². The maximum atomic E-state index is 11.4. The fourth-order valence-corrected chi connectivity index (χ4v) is 1.31. The van der Waals surface area contributed by atoms with Crippen LogP contribution in [0.15, 0.2) is 18.2 Å². The van der Waals surface area contributed by atoms with E-state index in [4.69, 9.17) is 5.73 Å². The molecule has 0 atom stereocenters. The largest absolute Gasteiger partial charge is 0.398 e. The number of amides is 1. The topological polar surface area (TPSA) is 67.2 Å².